The molecule has 0 aliphatic carbocycles. The van der Waals surface area contributed by atoms with Crippen LogP contribution >= 0.6 is 0 Å². The lowest BCUT2D eigenvalue weighted by molar-refractivity contribution is -0.169. The van der Waals surface area contributed by atoms with E-state index in [-0.39, 0.29) is 0 Å². The van der Waals surface area contributed by atoms with Crippen molar-refractivity contribution in [2.24, 2.45) is 5.16 Å². The van der Waals surface area contributed by atoms with Gasteiger partial charge in [-0.25, -0.2) is 0 Å². The van der Waals surface area contributed by atoms with E-state index < -0.39 is 11.2 Å². The summed E-state index contributed by atoms with van der Waals surface area (Å²) in [6, 6.07) is 9.93. The first-order chi connectivity index (χ1) is 9.88. The smallest absolute Gasteiger partial charge is 0.229 e. The molecule has 0 aromatic heterocycles. The van der Waals surface area contributed by atoms with Gasteiger partial charge in [0.25, 0.3) is 0 Å². The third-order valence-electron chi connectivity index (χ3n) is 4.10. The van der Waals surface area contributed by atoms with Crippen molar-refractivity contribution < 1.29 is 14.7 Å². The topological polar surface area (TPSA) is 51.0 Å². The first-order valence-electron chi connectivity index (χ1n) is 7.44. The van der Waals surface area contributed by atoms with Gasteiger partial charge in [0.1, 0.15) is 5.60 Å². The number of benzene rings is 1. The fourth-order valence-electron chi connectivity index (χ4n) is 2.26. The van der Waals surface area contributed by atoms with Crippen LogP contribution in [0.1, 0.15) is 46.1 Å². The molecule has 0 atom stereocenters. The van der Waals surface area contributed by atoms with Crippen LogP contribution < -0.4 is 0 Å². The molecule has 0 amide bonds. The van der Waals surface area contributed by atoms with Crippen LogP contribution in [-0.2, 0) is 16.0 Å². The van der Waals surface area contributed by atoms with E-state index in [0.29, 0.717) is 25.2 Å². The molecule has 0 spiro atoms. The molecule has 1 aromatic rings. The van der Waals surface area contributed by atoms with Crippen LogP contribution in [0.25, 0.3) is 0 Å². The zero-order chi connectivity index (χ0) is 15.9. The number of hydrogen-bond acceptors (Lipinski definition) is 4. The van der Waals surface area contributed by atoms with E-state index in [9.17, 15) is 5.11 Å². The third kappa shape index (κ3) is 4.46. The molecule has 0 aliphatic heterocycles. The fraction of sp³-hybridized carbons (Fsp3) is 0.588. The molecule has 1 rings (SSSR count). The lowest BCUT2D eigenvalue weighted by Crippen LogP contribution is -2.50. The van der Waals surface area contributed by atoms with Gasteiger partial charge >= 0.3 is 0 Å². The van der Waals surface area contributed by atoms with Crippen LogP contribution in [0.4, 0.5) is 0 Å². The molecule has 4 nitrogen and oxygen atoms in total. The highest BCUT2D eigenvalue weighted by atomic mass is 16.7. The van der Waals surface area contributed by atoms with Crippen molar-refractivity contribution in [2.45, 2.75) is 58.2 Å². The van der Waals surface area contributed by atoms with Crippen molar-refractivity contribution in [2.75, 3.05) is 7.11 Å². The van der Waals surface area contributed by atoms with E-state index in [1.807, 2.05) is 58.0 Å². The summed E-state index contributed by atoms with van der Waals surface area (Å²) in [5, 5.41) is 14.7. The number of hydrogen-bond donors (Lipinski definition) is 1. The van der Waals surface area contributed by atoms with Crippen molar-refractivity contribution in [3.8, 4) is 0 Å². The van der Waals surface area contributed by atoms with E-state index in [4.69, 9.17) is 9.57 Å². The Morgan fingerprint density at radius 1 is 1.14 bits per heavy atom. The maximum absolute atomic E-state index is 10.6. The molecule has 0 heterocycles. The van der Waals surface area contributed by atoms with Crippen LogP contribution in [0, 0.1) is 0 Å². The normalized spacial score (nSPS) is 13.1. The van der Waals surface area contributed by atoms with Gasteiger partial charge < -0.3 is 14.7 Å². The van der Waals surface area contributed by atoms with Crippen molar-refractivity contribution in [3.63, 3.8) is 0 Å². The Labute approximate surface area is 127 Å². The Balaban J connectivity index is 2.80. The van der Waals surface area contributed by atoms with Crippen molar-refractivity contribution >= 4 is 5.90 Å². The molecular formula is C17H27NO3. The molecule has 0 unspecified atom stereocenters. The number of methoxy groups -OCH3 is 1. The number of oxime groups is 1. The van der Waals surface area contributed by atoms with Gasteiger partial charge in [0.05, 0.1) is 13.5 Å². The first kappa shape index (κ1) is 17.5. The average molecular weight is 293 g/mol. The Kier molecular flexibility index (Phi) is 6.21. The van der Waals surface area contributed by atoms with Gasteiger partial charge in [0, 0.05) is 0 Å². The number of aliphatic hydroxyl groups is 1. The lowest BCUT2D eigenvalue weighted by Gasteiger charge is -2.39. The van der Waals surface area contributed by atoms with Gasteiger partial charge in [-0.05, 0) is 32.3 Å². The van der Waals surface area contributed by atoms with E-state index >= 15 is 0 Å². The van der Waals surface area contributed by atoms with E-state index in [2.05, 4.69) is 5.16 Å². The lowest BCUT2D eigenvalue weighted by atomic mass is 9.81. The van der Waals surface area contributed by atoms with Gasteiger partial charge in [-0.1, -0.05) is 49.3 Å². The highest BCUT2D eigenvalue weighted by Gasteiger charge is 2.43. The maximum atomic E-state index is 10.6. The van der Waals surface area contributed by atoms with Gasteiger partial charge in [-0.2, -0.15) is 0 Å². The molecule has 4 heteroatoms. The van der Waals surface area contributed by atoms with Crippen molar-refractivity contribution in [3.05, 3.63) is 35.9 Å². The molecule has 0 saturated carbocycles. The molecule has 0 radical (unpaired) electrons. The van der Waals surface area contributed by atoms with Crippen LogP contribution in [0.3, 0.4) is 0 Å². The minimum atomic E-state index is -0.915. The Morgan fingerprint density at radius 3 is 2.19 bits per heavy atom. The van der Waals surface area contributed by atoms with E-state index in [0.717, 1.165) is 5.56 Å². The summed E-state index contributed by atoms with van der Waals surface area (Å²) >= 11 is 0. The largest absolute Gasteiger partial charge is 0.482 e. The molecule has 1 N–H and O–H groups in total. The monoisotopic (exact) mass is 293 g/mol. The van der Waals surface area contributed by atoms with E-state index in [1.54, 1.807) is 7.11 Å². The number of rotatable bonds is 7. The van der Waals surface area contributed by atoms with Crippen LogP contribution in [0.15, 0.2) is 35.5 Å². The Morgan fingerprint density at radius 2 is 1.71 bits per heavy atom. The summed E-state index contributed by atoms with van der Waals surface area (Å²) in [5.74, 6) is 0.490. The van der Waals surface area contributed by atoms with Crippen LogP contribution in [-0.4, -0.2) is 29.3 Å². The van der Waals surface area contributed by atoms with Crippen molar-refractivity contribution in [1.29, 1.82) is 0 Å². The minimum Gasteiger partial charge on any atom is -0.482 e. The molecule has 1 aromatic carbocycles. The summed E-state index contributed by atoms with van der Waals surface area (Å²) < 4.78 is 5.27. The maximum Gasteiger partial charge on any atom is 0.229 e. The molecule has 0 aliphatic rings. The predicted octanol–water partition coefficient (Wildman–Crippen LogP) is 3.54. The zero-order valence-electron chi connectivity index (χ0n) is 13.7. The highest BCUT2D eigenvalue weighted by Crippen LogP contribution is 2.32. The molecule has 118 valence electrons. The number of nitrogens with zero attached hydrogens (tertiary/aromatic N) is 1. The summed E-state index contributed by atoms with van der Waals surface area (Å²) in [7, 11) is 1.57. The average Bonchev–Trinajstić information content (AvgIpc) is 2.51. The van der Waals surface area contributed by atoms with Crippen LogP contribution in [0.2, 0.25) is 0 Å². The second kappa shape index (κ2) is 7.46. The van der Waals surface area contributed by atoms with Gasteiger partial charge in [-0.15, -0.1) is 0 Å². The minimum absolute atomic E-state index is 0.490. The SMILES string of the molecule is CCC(O)(CC)C(C)(C)O/N=C(/Cc1ccccc1)OC. The van der Waals surface area contributed by atoms with Gasteiger partial charge in [0.15, 0.2) is 5.60 Å². The highest BCUT2D eigenvalue weighted by molar-refractivity contribution is 5.78. The Hall–Kier alpha value is -1.55. The Bertz CT molecular complexity index is 450. The van der Waals surface area contributed by atoms with Gasteiger partial charge in [-0.3, -0.25) is 0 Å². The fourth-order valence-corrected chi connectivity index (χ4v) is 2.26. The van der Waals surface area contributed by atoms with Crippen molar-refractivity contribution in [1.82, 2.24) is 0 Å². The standard InChI is InChI=1S/C17H27NO3/c1-6-17(19,7-2)16(3,4)21-18-15(20-5)13-14-11-9-8-10-12-14/h8-12,19H,6-7,13H2,1-5H3/b18-15-. The summed E-state index contributed by atoms with van der Waals surface area (Å²) in [4.78, 5) is 5.61. The molecule has 0 bridgehead atoms. The van der Waals surface area contributed by atoms with E-state index in [1.165, 1.54) is 0 Å². The summed E-state index contributed by atoms with van der Waals surface area (Å²) in [5.41, 5.74) is -0.597. The molecular weight excluding hydrogens is 266 g/mol. The second-order valence-electron chi connectivity index (χ2n) is 5.69. The second-order valence-corrected chi connectivity index (χ2v) is 5.69. The first-order valence-corrected chi connectivity index (χ1v) is 7.44. The molecule has 0 saturated heterocycles. The molecule has 0 fully saturated rings. The summed E-state index contributed by atoms with van der Waals surface area (Å²) in [6.45, 7) is 7.58. The number of ether oxygens (including phenoxy) is 1. The third-order valence-corrected chi connectivity index (χ3v) is 4.10. The predicted molar refractivity (Wildman–Crippen MR) is 85.3 cm³/mol. The van der Waals surface area contributed by atoms with Gasteiger partial charge in [0.2, 0.25) is 5.90 Å². The zero-order valence-corrected chi connectivity index (χ0v) is 13.7. The van der Waals surface area contributed by atoms with Crippen LogP contribution in [0.5, 0.6) is 0 Å². The molecule has 21 heavy (non-hydrogen) atoms. The summed E-state index contributed by atoms with van der Waals surface area (Å²) in [6.07, 6.45) is 1.77. The quantitative estimate of drug-likeness (QED) is 0.475.